The van der Waals surface area contributed by atoms with Gasteiger partial charge in [-0.05, 0) is 40.5 Å². The van der Waals surface area contributed by atoms with E-state index >= 15 is 0 Å². The summed E-state index contributed by atoms with van der Waals surface area (Å²) in [6.45, 7) is 7.50. The maximum atomic E-state index is 13.1. The van der Waals surface area contributed by atoms with Gasteiger partial charge in [0.2, 0.25) is 10.0 Å². The minimum atomic E-state index is -3.47. The lowest BCUT2D eigenvalue weighted by atomic mass is 10.2. The Morgan fingerprint density at radius 3 is 2.20 bits per heavy atom. The van der Waals surface area contributed by atoms with Crippen molar-refractivity contribution in [2.24, 2.45) is 7.05 Å². The van der Waals surface area contributed by atoms with Crippen molar-refractivity contribution in [3.8, 4) is 0 Å². The molecule has 1 aliphatic rings. The van der Waals surface area contributed by atoms with Gasteiger partial charge in [0.25, 0.3) is 0 Å². The highest BCUT2D eigenvalue weighted by Gasteiger charge is 2.38. The van der Waals surface area contributed by atoms with Gasteiger partial charge in [-0.25, -0.2) is 8.42 Å². The van der Waals surface area contributed by atoms with Gasteiger partial charge in [0.1, 0.15) is 4.90 Å². The van der Waals surface area contributed by atoms with Crippen molar-refractivity contribution in [2.75, 3.05) is 0 Å². The second-order valence-electron chi connectivity index (χ2n) is 5.99. The molecule has 6 heteroatoms. The van der Waals surface area contributed by atoms with Crippen LogP contribution in [-0.2, 0) is 17.1 Å². The molecule has 0 N–H and O–H groups in total. The van der Waals surface area contributed by atoms with Crippen LogP contribution in [-0.4, -0.2) is 34.6 Å². The Bertz CT molecular complexity index is 584. The Balaban J connectivity index is 2.50. The quantitative estimate of drug-likeness (QED) is 0.857. The highest BCUT2D eigenvalue weighted by atomic mass is 32.2. The Hall–Kier alpha value is -0.880. The van der Waals surface area contributed by atoms with Crippen molar-refractivity contribution in [2.45, 2.75) is 70.4 Å². The molecule has 0 spiro atoms. The van der Waals surface area contributed by atoms with E-state index in [0.29, 0.717) is 16.3 Å². The van der Waals surface area contributed by atoms with E-state index in [9.17, 15) is 8.42 Å². The van der Waals surface area contributed by atoms with E-state index in [4.69, 9.17) is 0 Å². The van der Waals surface area contributed by atoms with Crippen LogP contribution in [0.15, 0.2) is 4.90 Å². The van der Waals surface area contributed by atoms with E-state index in [0.717, 1.165) is 25.7 Å². The summed E-state index contributed by atoms with van der Waals surface area (Å²) < 4.78 is 29.5. The second-order valence-corrected chi connectivity index (χ2v) is 7.77. The molecule has 0 aliphatic heterocycles. The molecule has 0 unspecified atom stereocenters. The molecule has 0 amide bonds. The Morgan fingerprint density at radius 1 is 1.25 bits per heavy atom. The van der Waals surface area contributed by atoms with Crippen LogP contribution in [0, 0.1) is 13.8 Å². The van der Waals surface area contributed by atoms with E-state index in [1.54, 1.807) is 23.0 Å². The van der Waals surface area contributed by atoms with Gasteiger partial charge >= 0.3 is 0 Å². The predicted molar refractivity (Wildman–Crippen MR) is 79.1 cm³/mol. The highest BCUT2D eigenvalue weighted by Crippen LogP contribution is 2.32. The number of sulfonamides is 1. The third-order valence-electron chi connectivity index (χ3n) is 4.17. The molecule has 1 aromatic rings. The van der Waals surface area contributed by atoms with Crippen molar-refractivity contribution in [3.05, 3.63) is 11.4 Å². The van der Waals surface area contributed by atoms with Crippen LogP contribution in [0.4, 0.5) is 0 Å². The first-order valence-electron chi connectivity index (χ1n) is 7.30. The number of aryl methyl sites for hydroxylation is 2. The highest BCUT2D eigenvalue weighted by molar-refractivity contribution is 7.89. The summed E-state index contributed by atoms with van der Waals surface area (Å²) in [6, 6.07) is 0.112. The zero-order valence-corrected chi connectivity index (χ0v) is 13.9. The molecule has 2 rings (SSSR count). The zero-order chi connectivity index (χ0) is 15.1. The fourth-order valence-electron chi connectivity index (χ4n) is 3.29. The van der Waals surface area contributed by atoms with Crippen LogP contribution >= 0.6 is 0 Å². The molecule has 20 heavy (non-hydrogen) atoms. The Labute approximate surface area is 122 Å². The van der Waals surface area contributed by atoms with Gasteiger partial charge in [0.05, 0.1) is 11.4 Å². The maximum Gasteiger partial charge on any atom is 0.247 e. The van der Waals surface area contributed by atoms with Gasteiger partial charge in [-0.1, -0.05) is 12.8 Å². The minimum Gasteiger partial charge on any atom is -0.271 e. The van der Waals surface area contributed by atoms with E-state index in [-0.39, 0.29) is 12.1 Å². The number of rotatable bonds is 4. The largest absolute Gasteiger partial charge is 0.271 e. The molecule has 0 radical (unpaired) electrons. The van der Waals surface area contributed by atoms with Crippen LogP contribution in [0.2, 0.25) is 0 Å². The molecule has 0 atom stereocenters. The lowest BCUT2D eigenvalue weighted by molar-refractivity contribution is 0.275. The van der Waals surface area contributed by atoms with Gasteiger partial charge in [0.15, 0.2) is 0 Å². The molecule has 1 fully saturated rings. The van der Waals surface area contributed by atoms with Gasteiger partial charge < -0.3 is 0 Å². The number of hydrogen-bond acceptors (Lipinski definition) is 3. The van der Waals surface area contributed by atoms with E-state index < -0.39 is 10.0 Å². The summed E-state index contributed by atoms with van der Waals surface area (Å²) in [6.07, 6.45) is 4.17. The fourth-order valence-corrected chi connectivity index (χ4v) is 5.58. The van der Waals surface area contributed by atoms with Crippen LogP contribution in [0.5, 0.6) is 0 Å². The van der Waals surface area contributed by atoms with E-state index in [2.05, 4.69) is 5.10 Å². The first-order valence-corrected chi connectivity index (χ1v) is 8.74. The van der Waals surface area contributed by atoms with Crippen LogP contribution in [0.25, 0.3) is 0 Å². The van der Waals surface area contributed by atoms with Crippen LogP contribution in [0.3, 0.4) is 0 Å². The molecule has 5 nitrogen and oxygen atoms in total. The Morgan fingerprint density at radius 2 is 1.80 bits per heavy atom. The first kappa shape index (κ1) is 15.5. The third kappa shape index (κ3) is 2.51. The summed E-state index contributed by atoms with van der Waals surface area (Å²) >= 11 is 0. The van der Waals surface area contributed by atoms with E-state index in [1.807, 2.05) is 20.8 Å². The zero-order valence-electron chi connectivity index (χ0n) is 13.0. The lowest BCUT2D eigenvalue weighted by Gasteiger charge is -2.31. The summed E-state index contributed by atoms with van der Waals surface area (Å²) in [5.41, 5.74) is 1.31. The topological polar surface area (TPSA) is 55.2 Å². The van der Waals surface area contributed by atoms with Crippen molar-refractivity contribution >= 4 is 10.0 Å². The van der Waals surface area contributed by atoms with Crippen molar-refractivity contribution < 1.29 is 8.42 Å². The number of nitrogens with zero attached hydrogens (tertiary/aromatic N) is 3. The molecule has 0 bridgehead atoms. The molecule has 1 aliphatic carbocycles. The average Bonchev–Trinajstić information content (AvgIpc) is 2.88. The summed E-state index contributed by atoms with van der Waals surface area (Å²) in [7, 11) is -1.69. The molecule has 1 aromatic heterocycles. The molecule has 1 heterocycles. The second kappa shape index (κ2) is 5.48. The Kier molecular flexibility index (Phi) is 4.25. The smallest absolute Gasteiger partial charge is 0.247 e. The van der Waals surface area contributed by atoms with Crippen LogP contribution < -0.4 is 0 Å². The standard InChI is InChI=1S/C14H25N3O2S/c1-10(2)17(13-8-6-7-9-13)20(18,19)14-11(3)15-16(5)12(14)4/h10,13H,6-9H2,1-5H3. The predicted octanol–water partition coefficient (Wildman–Crippen LogP) is 2.38. The molecule has 0 saturated heterocycles. The first-order chi connectivity index (χ1) is 9.26. The van der Waals surface area contributed by atoms with Crippen molar-refractivity contribution in [3.63, 3.8) is 0 Å². The number of aromatic nitrogens is 2. The SMILES string of the molecule is Cc1nn(C)c(C)c1S(=O)(=O)N(C(C)C)C1CCCC1. The molecule has 0 aromatic carbocycles. The van der Waals surface area contributed by atoms with Gasteiger partial charge in [-0.2, -0.15) is 9.40 Å². The average molecular weight is 299 g/mol. The number of hydrogen-bond donors (Lipinski definition) is 0. The summed E-state index contributed by atoms with van der Waals surface area (Å²) in [5, 5.41) is 4.26. The molecular formula is C14H25N3O2S. The van der Waals surface area contributed by atoms with Gasteiger partial charge in [0, 0.05) is 19.1 Å². The monoisotopic (exact) mass is 299 g/mol. The van der Waals surface area contributed by atoms with Gasteiger partial charge in [-0.3, -0.25) is 4.68 Å². The third-order valence-corrected chi connectivity index (χ3v) is 6.55. The maximum absolute atomic E-state index is 13.1. The van der Waals surface area contributed by atoms with Crippen LogP contribution in [0.1, 0.15) is 50.9 Å². The van der Waals surface area contributed by atoms with Crippen molar-refractivity contribution in [1.82, 2.24) is 14.1 Å². The molecule has 1 saturated carbocycles. The molecular weight excluding hydrogens is 274 g/mol. The lowest BCUT2D eigenvalue weighted by Crippen LogP contribution is -2.43. The van der Waals surface area contributed by atoms with Gasteiger partial charge in [-0.15, -0.1) is 0 Å². The summed E-state index contributed by atoms with van der Waals surface area (Å²) in [5.74, 6) is 0. The summed E-state index contributed by atoms with van der Waals surface area (Å²) in [4.78, 5) is 0.389. The molecule has 114 valence electrons. The van der Waals surface area contributed by atoms with Crippen molar-refractivity contribution in [1.29, 1.82) is 0 Å². The minimum absolute atomic E-state index is 0.0258. The van der Waals surface area contributed by atoms with E-state index in [1.165, 1.54) is 0 Å². The fraction of sp³-hybridized carbons (Fsp3) is 0.786. The normalized spacial score (nSPS) is 17.6.